The summed E-state index contributed by atoms with van der Waals surface area (Å²) >= 11 is 3.51. The molecule has 0 aromatic heterocycles. The highest BCUT2D eigenvalue weighted by atomic mass is 79.9. The number of aliphatic hydroxyl groups is 1. The maximum absolute atomic E-state index is 14.1. The minimum Gasteiger partial charge on any atom is -0.494 e. The molecule has 1 aliphatic carbocycles. The molecule has 3 aromatic rings. The predicted molar refractivity (Wildman–Crippen MR) is 164 cm³/mol. The van der Waals surface area contributed by atoms with Crippen LogP contribution in [0.4, 0.5) is 11.4 Å². The Hall–Kier alpha value is -3.49. The number of Topliss-reactive ketones (excluding diaryl/α,β-unsaturated/α-hetero) is 1. The van der Waals surface area contributed by atoms with Crippen LogP contribution in [0.2, 0.25) is 0 Å². The van der Waals surface area contributed by atoms with Crippen molar-refractivity contribution in [1.29, 1.82) is 0 Å². The smallest absolute Gasteiger partial charge is 0.235 e. The Kier molecular flexibility index (Phi) is 9.04. The van der Waals surface area contributed by atoms with Gasteiger partial charge < -0.3 is 20.5 Å². The number of amides is 2. The first-order chi connectivity index (χ1) is 19.3. The Morgan fingerprint density at radius 3 is 2.05 bits per heavy atom. The zero-order chi connectivity index (χ0) is 30.1. The molecule has 0 spiro atoms. The lowest BCUT2D eigenvalue weighted by Crippen LogP contribution is -2.56. The number of carbonyl (C=O) groups excluding carboxylic acids is 3. The van der Waals surface area contributed by atoms with Crippen LogP contribution < -0.4 is 15.4 Å². The number of halogens is 1. The second-order valence-corrected chi connectivity index (χ2v) is 12.1. The van der Waals surface area contributed by atoms with Gasteiger partial charge in [-0.25, -0.2) is 0 Å². The molecule has 3 aromatic carbocycles. The highest BCUT2D eigenvalue weighted by Gasteiger charge is 2.56. The van der Waals surface area contributed by atoms with E-state index in [2.05, 4.69) is 26.6 Å². The topological polar surface area (TPSA) is 105 Å². The number of carbonyl (C=O) groups is 3. The minimum absolute atomic E-state index is 0.338. The molecule has 0 bridgehead atoms. The molecule has 0 radical (unpaired) electrons. The van der Waals surface area contributed by atoms with Gasteiger partial charge in [-0.15, -0.1) is 0 Å². The van der Waals surface area contributed by atoms with Crippen LogP contribution in [0.5, 0.6) is 5.75 Å². The largest absolute Gasteiger partial charge is 0.494 e. The van der Waals surface area contributed by atoms with E-state index in [0.29, 0.717) is 33.8 Å². The third kappa shape index (κ3) is 6.54. The number of hydrogen-bond acceptors (Lipinski definition) is 5. The summed E-state index contributed by atoms with van der Waals surface area (Å²) in [5.74, 6) is -4.42. The second-order valence-electron chi connectivity index (χ2n) is 11.2. The zero-order valence-electron chi connectivity index (χ0n) is 24.3. The second kappa shape index (κ2) is 12.2. The Labute approximate surface area is 249 Å². The maximum Gasteiger partial charge on any atom is 0.235 e. The zero-order valence-corrected chi connectivity index (χ0v) is 25.9. The third-order valence-corrected chi connectivity index (χ3v) is 8.26. The number of ether oxygens (including phenoxy) is 1. The molecule has 41 heavy (non-hydrogen) atoms. The predicted octanol–water partition coefficient (Wildman–Crippen LogP) is 6.40. The van der Waals surface area contributed by atoms with E-state index in [1.165, 1.54) is 6.92 Å². The first-order valence-corrected chi connectivity index (χ1v) is 14.5. The van der Waals surface area contributed by atoms with Crippen molar-refractivity contribution >= 4 is 44.9 Å². The lowest BCUT2D eigenvalue weighted by molar-refractivity contribution is -0.150. The lowest BCUT2D eigenvalue weighted by atomic mass is 9.61. The summed E-state index contributed by atoms with van der Waals surface area (Å²) in [6.07, 6.45) is -0.350. The monoisotopic (exact) mass is 620 g/mol. The standard InChI is InChI=1S/C33H37BrN2O5/c1-7-41-27-13-12-22(34)16-23(27)28-29(31(38)35-24-14-18(2)8-10-20(24)4)26(37)17-33(6,40)30(28)32(39)36-25-15-19(3)9-11-21(25)5/h8-16,28-30,40H,7,17H2,1-6H3,(H,35,38)(H,36,39). The fraction of sp³-hybridized carbons (Fsp3) is 0.364. The number of benzene rings is 3. The first-order valence-electron chi connectivity index (χ1n) is 13.8. The van der Waals surface area contributed by atoms with Gasteiger partial charge in [0.15, 0.2) is 0 Å². The lowest BCUT2D eigenvalue weighted by Gasteiger charge is -2.45. The van der Waals surface area contributed by atoms with Gasteiger partial charge in [0.2, 0.25) is 11.8 Å². The quantitative estimate of drug-likeness (QED) is 0.265. The molecule has 4 atom stereocenters. The number of rotatable bonds is 7. The molecule has 4 rings (SSSR count). The molecule has 0 heterocycles. The van der Waals surface area contributed by atoms with Gasteiger partial charge in [-0.05, 0) is 94.1 Å². The number of aryl methyl sites for hydroxylation is 4. The van der Waals surface area contributed by atoms with Crippen molar-refractivity contribution in [3.63, 3.8) is 0 Å². The SMILES string of the molecule is CCOc1ccc(Br)cc1C1C(C(=O)Nc2cc(C)ccc2C)C(=O)CC(C)(O)C1C(=O)Nc1cc(C)ccc1C. The van der Waals surface area contributed by atoms with Crippen molar-refractivity contribution in [3.8, 4) is 5.75 Å². The van der Waals surface area contributed by atoms with Crippen LogP contribution in [0.1, 0.15) is 54.0 Å². The molecule has 2 amide bonds. The van der Waals surface area contributed by atoms with Gasteiger partial charge in [-0.3, -0.25) is 14.4 Å². The maximum atomic E-state index is 14.1. The van der Waals surface area contributed by atoms with Crippen LogP contribution >= 0.6 is 15.9 Å². The summed E-state index contributed by atoms with van der Waals surface area (Å²) in [6, 6.07) is 16.7. The van der Waals surface area contributed by atoms with E-state index in [0.717, 1.165) is 22.3 Å². The van der Waals surface area contributed by atoms with Crippen LogP contribution in [-0.4, -0.2) is 34.9 Å². The number of ketones is 1. The number of nitrogens with one attached hydrogen (secondary N) is 2. The Morgan fingerprint density at radius 2 is 1.49 bits per heavy atom. The van der Waals surface area contributed by atoms with E-state index in [9.17, 15) is 19.5 Å². The van der Waals surface area contributed by atoms with Gasteiger partial charge in [0.05, 0.1) is 18.1 Å². The molecule has 216 valence electrons. The fourth-order valence-electron chi connectivity index (χ4n) is 5.69. The summed E-state index contributed by atoms with van der Waals surface area (Å²) in [7, 11) is 0. The molecular formula is C33H37BrN2O5. The molecule has 1 aliphatic rings. The molecular weight excluding hydrogens is 584 g/mol. The van der Waals surface area contributed by atoms with E-state index in [1.54, 1.807) is 18.2 Å². The van der Waals surface area contributed by atoms with Crippen LogP contribution in [0.25, 0.3) is 0 Å². The molecule has 0 saturated heterocycles. The van der Waals surface area contributed by atoms with Crippen molar-refractivity contribution < 1.29 is 24.2 Å². The fourth-order valence-corrected chi connectivity index (χ4v) is 6.07. The van der Waals surface area contributed by atoms with E-state index in [1.807, 2.05) is 71.0 Å². The summed E-state index contributed by atoms with van der Waals surface area (Å²) in [4.78, 5) is 41.9. The summed E-state index contributed by atoms with van der Waals surface area (Å²) in [5, 5.41) is 17.6. The minimum atomic E-state index is -1.73. The first kappa shape index (κ1) is 30.5. The highest BCUT2D eigenvalue weighted by Crippen LogP contribution is 2.49. The van der Waals surface area contributed by atoms with E-state index in [-0.39, 0.29) is 6.42 Å². The van der Waals surface area contributed by atoms with E-state index in [4.69, 9.17) is 4.74 Å². The molecule has 3 N–H and O–H groups in total. The van der Waals surface area contributed by atoms with Crippen molar-refractivity contribution in [2.75, 3.05) is 17.2 Å². The van der Waals surface area contributed by atoms with Crippen LogP contribution in [0, 0.1) is 39.5 Å². The Balaban J connectivity index is 1.87. The van der Waals surface area contributed by atoms with Gasteiger partial charge in [0.25, 0.3) is 0 Å². The van der Waals surface area contributed by atoms with Crippen molar-refractivity contribution in [2.45, 2.75) is 59.5 Å². The number of hydrogen-bond donors (Lipinski definition) is 3. The summed E-state index contributed by atoms with van der Waals surface area (Å²) < 4.78 is 6.62. The van der Waals surface area contributed by atoms with Crippen LogP contribution in [-0.2, 0) is 14.4 Å². The molecule has 4 unspecified atom stereocenters. The summed E-state index contributed by atoms with van der Waals surface area (Å²) in [5.41, 5.74) is 3.58. The Morgan fingerprint density at radius 1 is 0.927 bits per heavy atom. The van der Waals surface area contributed by atoms with Crippen molar-refractivity contribution in [2.24, 2.45) is 11.8 Å². The van der Waals surface area contributed by atoms with Gasteiger partial charge in [0, 0.05) is 33.7 Å². The average Bonchev–Trinajstić information content (AvgIpc) is 2.88. The van der Waals surface area contributed by atoms with Crippen LogP contribution in [0.3, 0.4) is 0 Å². The van der Waals surface area contributed by atoms with Gasteiger partial charge in [-0.1, -0.05) is 40.2 Å². The summed E-state index contributed by atoms with van der Waals surface area (Å²) in [6.45, 7) is 11.3. The molecule has 1 fully saturated rings. The van der Waals surface area contributed by atoms with E-state index < -0.39 is 41.0 Å². The molecule has 8 heteroatoms. The van der Waals surface area contributed by atoms with Gasteiger partial charge in [-0.2, -0.15) is 0 Å². The Bertz CT molecular complexity index is 1500. The third-order valence-electron chi connectivity index (χ3n) is 7.76. The van der Waals surface area contributed by atoms with Crippen molar-refractivity contribution in [1.82, 2.24) is 0 Å². The number of anilines is 2. The normalized spacial score (nSPS) is 22.2. The van der Waals surface area contributed by atoms with Gasteiger partial charge >= 0.3 is 0 Å². The van der Waals surface area contributed by atoms with Crippen LogP contribution in [0.15, 0.2) is 59.1 Å². The van der Waals surface area contributed by atoms with Gasteiger partial charge in [0.1, 0.15) is 17.5 Å². The molecule has 0 aliphatic heterocycles. The van der Waals surface area contributed by atoms with Crippen molar-refractivity contribution in [3.05, 3.63) is 86.9 Å². The average molecular weight is 622 g/mol. The highest BCUT2D eigenvalue weighted by molar-refractivity contribution is 9.10. The molecule has 1 saturated carbocycles. The van der Waals surface area contributed by atoms with E-state index >= 15 is 0 Å². The molecule has 7 nitrogen and oxygen atoms in total.